The lowest BCUT2D eigenvalue weighted by molar-refractivity contribution is 0.412. The molecule has 136 valence electrons. The molecule has 8 nitrogen and oxygen atoms in total. The van der Waals surface area contributed by atoms with E-state index in [0.29, 0.717) is 17.3 Å². The molecule has 0 amide bonds. The summed E-state index contributed by atoms with van der Waals surface area (Å²) in [5.41, 5.74) is 3.17. The van der Waals surface area contributed by atoms with E-state index in [2.05, 4.69) is 30.7 Å². The van der Waals surface area contributed by atoms with Crippen molar-refractivity contribution in [1.29, 1.82) is 0 Å². The highest BCUT2D eigenvalue weighted by molar-refractivity contribution is 5.75. The number of anilines is 3. The largest absolute Gasteiger partial charge is 0.494 e. The van der Waals surface area contributed by atoms with Crippen molar-refractivity contribution in [1.82, 2.24) is 24.7 Å². The number of fused-ring (bicyclic) bond motifs is 1. The van der Waals surface area contributed by atoms with Crippen LogP contribution in [0.1, 0.15) is 5.69 Å². The first-order valence-electron chi connectivity index (χ1n) is 8.45. The second kappa shape index (κ2) is 6.91. The molecule has 0 spiro atoms. The number of nitrogens with zero attached hydrogens (tertiary/aromatic N) is 5. The minimum Gasteiger partial charge on any atom is -0.494 e. The van der Waals surface area contributed by atoms with Crippen molar-refractivity contribution in [3.05, 3.63) is 54.5 Å². The van der Waals surface area contributed by atoms with Gasteiger partial charge in [-0.05, 0) is 37.3 Å². The molecular formula is C19H19N7O. The van der Waals surface area contributed by atoms with Gasteiger partial charge in [-0.2, -0.15) is 4.98 Å². The molecule has 0 aliphatic carbocycles. The van der Waals surface area contributed by atoms with Gasteiger partial charge in [-0.1, -0.05) is 0 Å². The normalized spacial score (nSPS) is 10.8. The smallest absolute Gasteiger partial charge is 0.229 e. The number of aryl methyl sites for hydroxylation is 1. The summed E-state index contributed by atoms with van der Waals surface area (Å²) in [7, 11) is 3.46. The van der Waals surface area contributed by atoms with Gasteiger partial charge in [0.1, 0.15) is 17.3 Å². The van der Waals surface area contributed by atoms with E-state index in [1.165, 1.54) is 0 Å². The number of nitrogens with one attached hydrogen (secondary N) is 2. The predicted molar refractivity (Wildman–Crippen MR) is 105 cm³/mol. The lowest BCUT2D eigenvalue weighted by Crippen LogP contribution is -2.04. The Hall–Kier alpha value is -3.68. The van der Waals surface area contributed by atoms with Crippen LogP contribution < -0.4 is 15.4 Å². The van der Waals surface area contributed by atoms with Gasteiger partial charge in [0.05, 0.1) is 7.11 Å². The second-order valence-electron chi connectivity index (χ2n) is 5.97. The first-order chi connectivity index (χ1) is 13.2. The third-order valence-electron chi connectivity index (χ3n) is 4.07. The maximum atomic E-state index is 5.51. The standard InChI is InChI=1S/C19H19N7O/c1-12-9-17(20-2)24-19(22-12)23-14-6-7-16(27-3)15(10-14)26-11-13-5-4-8-21-18(13)25-26/h4-11H,1-3H3,(H2,20,22,23,24). The van der Waals surface area contributed by atoms with Gasteiger partial charge in [-0.15, -0.1) is 5.10 Å². The lowest BCUT2D eigenvalue weighted by Gasteiger charge is -2.12. The summed E-state index contributed by atoms with van der Waals surface area (Å²) in [6.45, 7) is 1.93. The zero-order valence-corrected chi connectivity index (χ0v) is 15.3. The van der Waals surface area contributed by atoms with Crippen molar-refractivity contribution in [2.75, 3.05) is 24.8 Å². The predicted octanol–water partition coefficient (Wildman–Crippen LogP) is 3.31. The van der Waals surface area contributed by atoms with Crippen LogP contribution in [-0.4, -0.2) is 38.9 Å². The van der Waals surface area contributed by atoms with E-state index < -0.39 is 0 Å². The molecule has 4 rings (SSSR count). The lowest BCUT2D eigenvalue weighted by atomic mass is 10.2. The maximum absolute atomic E-state index is 5.51. The molecular weight excluding hydrogens is 342 g/mol. The molecule has 0 atom stereocenters. The number of methoxy groups -OCH3 is 1. The Bertz CT molecular complexity index is 1070. The van der Waals surface area contributed by atoms with E-state index in [1.54, 1.807) is 18.0 Å². The van der Waals surface area contributed by atoms with Crippen molar-refractivity contribution in [3.8, 4) is 11.4 Å². The van der Waals surface area contributed by atoms with Crippen molar-refractivity contribution < 1.29 is 4.74 Å². The van der Waals surface area contributed by atoms with E-state index in [4.69, 9.17) is 4.74 Å². The summed E-state index contributed by atoms with van der Waals surface area (Å²) in [5.74, 6) is 1.97. The number of ether oxygens (including phenoxy) is 1. The number of pyridine rings is 1. The molecule has 27 heavy (non-hydrogen) atoms. The van der Waals surface area contributed by atoms with Crippen LogP contribution in [0.25, 0.3) is 16.7 Å². The van der Waals surface area contributed by atoms with Gasteiger partial charge in [-0.25, -0.2) is 14.6 Å². The Kier molecular flexibility index (Phi) is 4.29. The van der Waals surface area contributed by atoms with Gasteiger partial charge in [0.2, 0.25) is 5.95 Å². The van der Waals surface area contributed by atoms with E-state index in [9.17, 15) is 0 Å². The average molecular weight is 361 g/mol. The third-order valence-corrected chi connectivity index (χ3v) is 4.07. The topological polar surface area (TPSA) is 89.8 Å². The first-order valence-corrected chi connectivity index (χ1v) is 8.45. The zero-order valence-electron chi connectivity index (χ0n) is 15.3. The molecule has 0 aliphatic heterocycles. The molecule has 0 saturated heterocycles. The summed E-state index contributed by atoms with van der Waals surface area (Å²) < 4.78 is 7.27. The Balaban J connectivity index is 1.73. The fourth-order valence-electron chi connectivity index (χ4n) is 2.81. The van der Waals surface area contributed by atoms with Gasteiger partial charge in [0.25, 0.3) is 0 Å². The van der Waals surface area contributed by atoms with E-state index in [1.807, 2.05) is 56.6 Å². The van der Waals surface area contributed by atoms with Crippen LogP contribution in [-0.2, 0) is 0 Å². The average Bonchev–Trinajstić information content (AvgIpc) is 3.11. The van der Waals surface area contributed by atoms with Gasteiger partial charge >= 0.3 is 0 Å². The second-order valence-corrected chi connectivity index (χ2v) is 5.97. The molecule has 1 aromatic carbocycles. The number of rotatable bonds is 5. The van der Waals surface area contributed by atoms with E-state index >= 15 is 0 Å². The monoisotopic (exact) mass is 361 g/mol. The molecule has 4 aromatic rings. The summed E-state index contributed by atoms with van der Waals surface area (Å²) >= 11 is 0. The molecule has 0 unspecified atom stereocenters. The highest BCUT2D eigenvalue weighted by atomic mass is 16.5. The van der Waals surface area contributed by atoms with Crippen LogP contribution >= 0.6 is 0 Å². The quantitative estimate of drug-likeness (QED) is 0.563. The van der Waals surface area contributed by atoms with Crippen molar-refractivity contribution in [2.45, 2.75) is 6.92 Å². The van der Waals surface area contributed by atoms with Crippen LogP contribution in [0.3, 0.4) is 0 Å². The minimum atomic E-state index is 0.516. The summed E-state index contributed by atoms with van der Waals surface area (Å²) in [6.07, 6.45) is 3.65. The molecule has 0 radical (unpaired) electrons. The minimum absolute atomic E-state index is 0.516. The molecule has 8 heteroatoms. The first kappa shape index (κ1) is 16.8. The van der Waals surface area contributed by atoms with Gasteiger partial charge < -0.3 is 15.4 Å². The number of aromatic nitrogens is 5. The van der Waals surface area contributed by atoms with Crippen LogP contribution in [0.4, 0.5) is 17.5 Å². The molecule has 0 aliphatic rings. The summed E-state index contributed by atoms with van der Waals surface area (Å²) in [5, 5.41) is 11.8. The van der Waals surface area contributed by atoms with E-state index in [0.717, 1.165) is 28.3 Å². The van der Waals surface area contributed by atoms with Gasteiger partial charge in [0.15, 0.2) is 5.65 Å². The van der Waals surface area contributed by atoms with Gasteiger partial charge in [0, 0.05) is 42.3 Å². The Morgan fingerprint density at radius 1 is 1.11 bits per heavy atom. The van der Waals surface area contributed by atoms with Crippen LogP contribution in [0.2, 0.25) is 0 Å². The zero-order chi connectivity index (χ0) is 18.8. The SMILES string of the molecule is CNc1cc(C)nc(Nc2ccc(OC)c(-n3cc4cccnc4n3)c2)n1. The van der Waals surface area contributed by atoms with Crippen molar-refractivity contribution >= 4 is 28.5 Å². The number of hydrogen-bond donors (Lipinski definition) is 2. The van der Waals surface area contributed by atoms with Crippen LogP contribution in [0.5, 0.6) is 5.75 Å². The van der Waals surface area contributed by atoms with Crippen molar-refractivity contribution in [3.63, 3.8) is 0 Å². The van der Waals surface area contributed by atoms with Crippen molar-refractivity contribution in [2.24, 2.45) is 0 Å². The molecule has 2 N–H and O–H groups in total. The van der Waals surface area contributed by atoms with Crippen LogP contribution in [0.15, 0.2) is 48.8 Å². The number of benzene rings is 1. The molecule has 3 aromatic heterocycles. The summed E-state index contributed by atoms with van der Waals surface area (Å²) in [4.78, 5) is 13.1. The van der Waals surface area contributed by atoms with E-state index in [-0.39, 0.29) is 0 Å². The van der Waals surface area contributed by atoms with Crippen LogP contribution in [0, 0.1) is 6.92 Å². The van der Waals surface area contributed by atoms with Gasteiger partial charge in [-0.3, -0.25) is 0 Å². The molecule has 0 saturated carbocycles. The maximum Gasteiger partial charge on any atom is 0.229 e. The molecule has 0 bridgehead atoms. The highest BCUT2D eigenvalue weighted by Gasteiger charge is 2.11. The molecule has 0 fully saturated rings. The summed E-state index contributed by atoms with van der Waals surface area (Å²) in [6, 6.07) is 11.5. The Morgan fingerprint density at radius 3 is 2.78 bits per heavy atom. The Labute approximate surface area is 156 Å². The molecule has 3 heterocycles. The fourth-order valence-corrected chi connectivity index (χ4v) is 2.81. The third kappa shape index (κ3) is 3.37. The Morgan fingerprint density at radius 2 is 2.00 bits per heavy atom. The fraction of sp³-hybridized carbons (Fsp3) is 0.158. The highest BCUT2D eigenvalue weighted by Crippen LogP contribution is 2.28. The number of hydrogen-bond acceptors (Lipinski definition) is 7.